The molecule has 1 unspecified atom stereocenters. The molecule has 0 aliphatic rings. The van der Waals surface area contributed by atoms with Gasteiger partial charge in [0, 0.05) is 12.8 Å². The van der Waals surface area contributed by atoms with Gasteiger partial charge in [-0.2, -0.15) is 0 Å². The molecule has 0 aromatic heterocycles. The molecule has 0 spiro atoms. The molecule has 0 aliphatic heterocycles. The summed E-state index contributed by atoms with van der Waals surface area (Å²) in [6.07, 6.45) is 29.1. The van der Waals surface area contributed by atoms with Gasteiger partial charge in [0.25, 0.3) is 0 Å². The molecule has 0 heterocycles. The van der Waals surface area contributed by atoms with Gasteiger partial charge in [-0.3, -0.25) is 14.4 Å². The number of ether oxygens (including phenoxy) is 1. The van der Waals surface area contributed by atoms with Crippen molar-refractivity contribution in [1.29, 1.82) is 0 Å². The van der Waals surface area contributed by atoms with Crippen LogP contribution in [-0.2, 0) is 19.1 Å². The molecule has 1 amide bonds. The van der Waals surface area contributed by atoms with E-state index < -0.39 is 5.97 Å². The van der Waals surface area contributed by atoms with Crippen LogP contribution in [-0.4, -0.2) is 35.6 Å². The summed E-state index contributed by atoms with van der Waals surface area (Å²) in [7, 11) is 0. The number of allylic oxidation sites excluding steroid dienone is 1. The molecule has 2 N–H and O–H groups in total. The lowest BCUT2D eigenvalue weighted by atomic mass is 10.1. The highest BCUT2D eigenvalue weighted by Crippen LogP contribution is 2.15. The van der Waals surface area contributed by atoms with E-state index >= 15 is 0 Å². The molecular weight excluding hydrogens is 478 g/mol. The standard InChI is InChI=1S/C32H59NO5/c1-3-5-7-9-11-13-15-17-23-27-32(37)38-29(24-20-16-14-12-10-8-6-4-2)25-21-18-19-22-26-30(34)33-28-31(35)36/h20,24,29H,3-19,21-23,25-28H2,1-2H3,(H,33,34)(H,35,36)/b24-20-. The number of hydrogen-bond donors (Lipinski definition) is 2. The summed E-state index contributed by atoms with van der Waals surface area (Å²) >= 11 is 0. The quantitative estimate of drug-likeness (QED) is 0.0591. The molecule has 0 aliphatic carbocycles. The van der Waals surface area contributed by atoms with Crippen LogP contribution in [0.1, 0.15) is 162 Å². The third-order valence-corrected chi connectivity index (χ3v) is 6.92. The number of carboxylic acids is 1. The Kier molecular flexibility index (Phi) is 26.8. The van der Waals surface area contributed by atoms with Crippen LogP contribution in [0.2, 0.25) is 0 Å². The van der Waals surface area contributed by atoms with Crippen molar-refractivity contribution in [2.45, 2.75) is 168 Å². The van der Waals surface area contributed by atoms with Crippen LogP contribution in [0, 0.1) is 0 Å². The van der Waals surface area contributed by atoms with Gasteiger partial charge in [0.2, 0.25) is 5.91 Å². The topological polar surface area (TPSA) is 92.7 Å². The first-order valence-corrected chi connectivity index (χ1v) is 15.8. The minimum Gasteiger partial charge on any atom is -0.480 e. The Morgan fingerprint density at radius 3 is 1.76 bits per heavy atom. The molecule has 0 aromatic rings. The first kappa shape index (κ1) is 36.1. The second kappa shape index (κ2) is 28.2. The second-order valence-electron chi connectivity index (χ2n) is 10.7. The van der Waals surface area contributed by atoms with E-state index in [0.29, 0.717) is 12.8 Å². The maximum atomic E-state index is 12.5. The summed E-state index contributed by atoms with van der Waals surface area (Å²) in [5.41, 5.74) is 0. The molecule has 0 saturated heterocycles. The van der Waals surface area contributed by atoms with E-state index in [1.165, 1.54) is 83.5 Å². The minimum absolute atomic E-state index is 0.0859. The minimum atomic E-state index is -1.03. The van der Waals surface area contributed by atoms with Crippen LogP contribution >= 0.6 is 0 Å². The smallest absolute Gasteiger partial charge is 0.322 e. The lowest BCUT2D eigenvalue weighted by Gasteiger charge is -2.15. The number of carbonyl (C=O) groups is 3. The van der Waals surface area contributed by atoms with Crippen LogP contribution in [0.4, 0.5) is 0 Å². The Morgan fingerprint density at radius 1 is 0.684 bits per heavy atom. The van der Waals surface area contributed by atoms with Crippen molar-refractivity contribution in [3.05, 3.63) is 12.2 Å². The van der Waals surface area contributed by atoms with E-state index in [2.05, 4.69) is 31.3 Å². The second-order valence-corrected chi connectivity index (χ2v) is 10.7. The SMILES string of the molecule is CCCCCCCC/C=C\C(CCCCCCC(=O)NCC(=O)O)OC(=O)CCCCCCCCCCC. The van der Waals surface area contributed by atoms with Crippen molar-refractivity contribution in [2.75, 3.05) is 6.54 Å². The predicted molar refractivity (Wildman–Crippen MR) is 157 cm³/mol. The van der Waals surface area contributed by atoms with E-state index in [4.69, 9.17) is 9.84 Å². The number of aliphatic carboxylic acids is 1. The first-order chi connectivity index (χ1) is 18.5. The summed E-state index contributed by atoms with van der Waals surface area (Å²) in [5, 5.41) is 11.0. The van der Waals surface area contributed by atoms with Crippen LogP contribution in [0.5, 0.6) is 0 Å². The number of hydrogen-bond acceptors (Lipinski definition) is 4. The number of carboxylic acid groups (broad SMARTS) is 1. The Balaban J connectivity index is 4.23. The molecule has 38 heavy (non-hydrogen) atoms. The van der Waals surface area contributed by atoms with Crippen LogP contribution < -0.4 is 5.32 Å². The van der Waals surface area contributed by atoms with Gasteiger partial charge in [0.05, 0.1) is 0 Å². The Morgan fingerprint density at radius 2 is 1.18 bits per heavy atom. The molecule has 0 saturated carbocycles. The lowest BCUT2D eigenvalue weighted by Crippen LogP contribution is -2.28. The molecule has 0 fully saturated rings. The molecule has 1 atom stereocenters. The summed E-state index contributed by atoms with van der Waals surface area (Å²) in [4.78, 5) is 34.6. The normalized spacial score (nSPS) is 12.1. The summed E-state index contributed by atoms with van der Waals surface area (Å²) in [5.74, 6) is -1.33. The molecule has 6 nitrogen and oxygen atoms in total. The van der Waals surface area contributed by atoms with Gasteiger partial charge in [-0.25, -0.2) is 0 Å². The average molecular weight is 538 g/mol. The zero-order valence-electron chi connectivity index (χ0n) is 24.8. The molecule has 0 rings (SSSR count). The molecule has 6 heteroatoms. The molecular formula is C32H59NO5. The van der Waals surface area contributed by atoms with Crippen LogP contribution in [0.3, 0.4) is 0 Å². The van der Waals surface area contributed by atoms with Gasteiger partial charge < -0.3 is 15.2 Å². The number of carbonyl (C=O) groups excluding carboxylic acids is 2. The van der Waals surface area contributed by atoms with Crippen LogP contribution in [0.15, 0.2) is 12.2 Å². The van der Waals surface area contributed by atoms with Gasteiger partial charge >= 0.3 is 11.9 Å². The van der Waals surface area contributed by atoms with Gasteiger partial charge in [-0.1, -0.05) is 116 Å². The number of nitrogens with one attached hydrogen (secondary N) is 1. The zero-order chi connectivity index (χ0) is 28.1. The van der Waals surface area contributed by atoms with E-state index in [0.717, 1.165) is 51.4 Å². The van der Waals surface area contributed by atoms with E-state index in [1.54, 1.807) is 0 Å². The van der Waals surface area contributed by atoms with Gasteiger partial charge in [-0.05, 0) is 44.6 Å². The fourth-order valence-corrected chi connectivity index (χ4v) is 4.54. The Hall–Kier alpha value is -1.85. The van der Waals surface area contributed by atoms with Crippen molar-refractivity contribution in [1.82, 2.24) is 5.32 Å². The number of esters is 1. The maximum Gasteiger partial charge on any atom is 0.322 e. The van der Waals surface area contributed by atoms with Crippen molar-refractivity contribution < 1.29 is 24.2 Å². The number of rotatable bonds is 28. The fourth-order valence-electron chi connectivity index (χ4n) is 4.54. The average Bonchev–Trinajstić information content (AvgIpc) is 2.89. The molecule has 0 aromatic carbocycles. The van der Waals surface area contributed by atoms with Gasteiger partial charge in [0.15, 0.2) is 0 Å². The monoisotopic (exact) mass is 537 g/mol. The van der Waals surface area contributed by atoms with Crippen LogP contribution in [0.25, 0.3) is 0 Å². The fraction of sp³-hybridized carbons (Fsp3) is 0.844. The van der Waals surface area contributed by atoms with Gasteiger partial charge in [-0.15, -0.1) is 0 Å². The van der Waals surface area contributed by atoms with E-state index in [9.17, 15) is 14.4 Å². The highest BCUT2D eigenvalue weighted by atomic mass is 16.5. The molecule has 0 bridgehead atoms. The molecule has 222 valence electrons. The largest absolute Gasteiger partial charge is 0.480 e. The first-order valence-electron chi connectivity index (χ1n) is 15.8. The van der Waals surface area contributed by atoms with Gasteiger partial charge in [0.1, 0.15) is 12.6 Å². The Bertz CT molecular complexity index is 605. The third kappa shape index (κ3) is 27.2. The maximum absolute atomic E-state index is 12.5. The third-order valence-electron chi connectivity index (χ3n) is 6.92. The van der Waals surface area contributed by atoms with Crippen molar-refractivity contribution in [2.24, 2.45) is 0 Å². The van der Waals surface area contributed by atoms with E-state index in [1.807, 2.05) is 0 Å². The van der Waals surface area contributed by atoms with Crippen molar-refractivity contribution in [3.8, 4) is 0 Å². The predicted octanol–water partition coefficient (Wildman–Crippen LogP) is 8.67. The molecule has 0 radical (unpaired) electrons. The van der Waals surface area contributed by atoms with Crippen molar-refractivity contribution in [3.63, 3.8) is 0 Å². The summed E-state index contributed by atoms with van der Waals surface area (Å²) in [6, 6.07) is 0. The lowest BCUT2D eigenvalue weighted by molar-refractivity contribution is -0.147. The highest BCUT2D eigenvalue weighted by Gasteiger charge is 2.12. The highest BCUT2D eigenvalue weighted by molar-refractivity contribution is 5.80. The number of amides is 1. The van der Waals surface area contributed by atoms with E-state index in [-0.39, 0.29) is 24.5 Å². The zero-order valence-corrected chi connectivity index (χ0v) is 24.8. The number of unbranched alkanes of at least 4 members (excludes halogenated alkanes) is 17. The summed E-state index contributed by atoms with van der Waals surface area (Å²) in [6.45, 7) is 4.15. The Labute approximate surface area is 233 Å². The van der Waals surface area contributed by atoms with Crippen molar-refractivity contribution >= 4 is 17.8 Å². The summed E-state index contributed by atoms with van der Waals surface area (Å²) < 4.78 is 5.84.